The van der Waals surface area contributed by atoms with Crippen molar-refractivity contribution in [1.82, 2.24) is 5.32 Å². The molecule has 126 valence electrons. The van der Waals surface area contributed by atoms with E-state index in [0.717, 1.165) is 5.75 Å². The molecular weight excluding hydrogens is 389 g/mol. The molecule has 1 aromatic carbocycles. The fraction of sp³-hybridized carbons (Fsp3) is 0.588. The molecule has 0 aliphatic heterocycles. The predicted octanol–water partition coefficient (Wildman–Crippen LogP) is 3.68. The molecule has 0 aliphatic carbocycles. The zero-order valence-corrected chi connectivity index (χ0v) is 16.9. The van der Waals surface area contributed by atoms with E-state index in [1.807, 2.05) is 32.9 Å². The molecule has 0 heterocycles. The predicted molar refractivity (Wildman–Crippen MR) is 105 cm³/mol. The summed E-state index contributed by atoms with van der Waals surface area (Å²) in [5.74, 6) is 1.31. The average molecular weight is 419 g/mol. The van der Waals surface area contributed by atoms with Crippen LogP contribution in [0.5, 0.6) is 5.75 Å². The lowest BCUT2D eigenvalue weighted by molar-refractivity contribution is 0.328. The number of rotatable bonds is 4. The van der Waals surface area contributed by atoms with Crippen molar-refractivity contribution in [3.8, 4) is 5.75 Å². The van der Waals surface area contributed by atoms with E-state index >= 15 is 0 Å². The Balaban J connectivity index is 0.00000441. The fourth-order valence-electron chi connectivity index (χ4n) is 1.80. The Morgan fingerprint density at radius 2 is 1.64 bits per heavy atom. The maximum Gasteiger partial charge on any atom is 0.189 e. The van der Waals surface area contributed by atoms with Gasteiger partial charge in [-0.1, -0.05) is 32.9 Å². The number of guanidine groups is 1. The molecule has 0 aliphatic rings. The Morgan fingerprint density at radius 1 is 1.09 bits per heavy atom. The quantitative estimate of drug-likeness (QED) is 0.339. The number of nitrogens with two attached hydrogens (primary N) is 1. The molecular formula is C17H30IN3O. The minimum atomic E-state index is -0.0722. The van der Waals surface area contributed by atoms with Gasteiger partial charge in [-0.15, -0.1) is 24.0 Å². The minimum Gasteiger partial charge on any atom is -0.492 e. The third-order valence-electron chi connectivity index (χ3n) is 2.87. The van der Waals surface area contributed by atoms with Crippen molar-refractivity contribution in [1.29, 1.82) is 0 Å². The topological polar surface area (TPSA) is 59.6 Å². The molecule has 0 spiro atoms. The SMILES string of the molecule is CC(C)(C)NC(N)=NCCOc1ccc(C(C)(C)C)cc1.I. The van der Waals surface area contributed by atoms with Crippen LogP contribution in [0, 0.1) is 0 Å². The van der Waals surface area contributed by atoms with Gasteiger partial charge in [-0.2, -0.15) is 0 Å². The maximum atomic E-state index is 5.79. The van der Waals surface area contributed by atoms with Crippen LogP contribution in [-0.4, -0.2) is 24.7 Å². The van der Waals surface area contributed by atoms with Gasteiger partial charge >= 0.3 is 0 Å². The first-order valence-electron chi connectivity index (χ1n) is 7.39. The summed E-state index contributed by atoms with van der Waals surface area (Å²) in [5, 5.41) is 3.11. The van der Waals surface area contributed by atoms with Crippen molar-refractivity contribution >= 4 is 29.9 Å². The first-order valence-corrected chi connectivity index (χ1v) is 7.39. The molecule has 0 aromatic heterocycles. The summed E-state index contributed by atoms with van der Waals surface area (Å²) in [6.45, 7) is 13.8. The van der Waals surface area contributed by atoms with Crippen molar-refractivity contribution in [2.75, 3.05) is 13.2 Å². The lowest BCUT2D eigenvalue weighted by atomic mass is 9.87. The summed E-state index contributed by atoms with van der Waals surface area (Å²) in [7, 11) is 0. The van der Waals surface area contributed by atoms with Gasteiger partial charge in [0.2, 0.25) is 0 Å². The van der Waals surface area contributed by atoms with Gasteiger partial charge in [0.15, 0.2) is 5.96 Å². The number of nitrogens with zero attached hydrogens (tertiary/aromatic N) is 1. The molecule has 22 heavy (non-hydrogen) atoms. The standard InChI is InChI=1S/C17H29N3O.HI/c1-16(2,3)13-7-9-14(10-8-13)21-12-11-19-15(18)20-17(4,5)6;/h7-10H,11-12H2,1-6H3,(H3,18,19,20);1H. The van der Waals surface area contributed by atoms with Gasteiger partial charge in [0.25, 0.3) is 0 Å². The molecule has 1 aromatic rings. The van der Waals surface area contributed by atoms with Crippen molar-refractivity contribution in [2.45, 2.75) is 52.5 Å². The molecule has 0 atom stereocenters. The zero-order valence-electron chi connectivity index (χ0n) is 14.6. The van der Waals surface area contributed by atoms with Crippen molar-refractivity contribution in [3.63, 3.8) is 0 Å². The summed E-state index contributed by atoms with van der Waals surface area (Å²) in [4.78, 5) is 4.24. The van der Waals surface area contributed by atoms with E-state index in [1.165, 1.54) is 5.56 Å². The summed E-state index contributed by atoms with van der Waals surface area (Å²) >= 11 is 0. The van der Waals surface area contributed by atoms with Crippen LogP contribution in [0.15, 0.2) is 29.3 Å². The number of benzene rings is 1. The molecule has 3 N–H and O–H groups in total. The lowest BCUT2D eigenvalue weighted by Gasteiger charge is -2.21. The molecule has 0 unspecified atom stereocenters. The maximum absolute atomic E-state index is 5.79. The molecule has 0 saturated carbocycles. The summed E-state index contributed by atoms with van der Waals surface area (Å²) < 4.78 is 5.66. The number of ether oxygens (including phenoxy) is 1. The number of hydrogen-bond acceptors (Lipinski definition) is 2. The number of halogens is 1. The lowest BCUT2D eigenvalue weighted by Crippen LogP contribution is -2.45. The van der Waals surface area contributed by atoms with E-state index in [9.17, 15) is 0 Å². The van der Waals surface area contributed by atoms with Crippen LogP contribution >= 0.6 is 24.0 Å². The third-order valence-corrected chi connectivity index (χ3v) is 2.87. The van der Waals surface area contributed by atoms with Crippen LogP contribution in [0.1, 0.15) is 47.1 Å². The number of nitrogens with one attached hydrogen (secondary N) is 1. The summed E-state index contributed by atoms with van der Waals surface area (Å²) in [6, 6.07) is 8.21. The summed E-state index contributed by atoms with van der Waals surface area (Å²) in [5.41, 5.74) is 7.18. The van der Waals surface area contributed by atoms with E-state index < -0.39 is 0 Å². The van der Waals surface area contributed by atoms with Crippen LogP contribution in [0.3, 0.4) is 0 Å². The van der Waals surface area contributed by atoms with Crippen LogP contribution in [0.25, 0.3) is 0 Å². The van der Waals surface area contributed by atoms with Crippen LogP contribution < -0.4 is 15.8 Å². The normalized spacial score (nSPS) is 12.5. The smallest absolute Gasteiger partial charge is 0.189 e. The molecule has 0 radical (unpaired) electrons. The van der Waals surface area contributed by atoms with Crippen LogP contribution in [0.2, 0.25) is 0 Å². The van der Waals surface area contributed by atoms with Crippen LogP contribution in [-0.2, 0) is 5.41 Å². The first-order chi connectivity index (χ1) is 9.58. The Bertz CT molecular complexity index is 470. The monoisotopic (exact) mass is 419 g/mol. The highest BCUT2D eigenvalue weighted by molar-refractivity contribution is 14.0. The first kappa shape index (κ1) is 21.0. The van der Waals surface area contributed by atoms with Gasteiger partial charge in [-0.05, 0) is 43.9 Å². The highest BCUT2D eigenvalue weighted by Crippen LogP contribution is 2.24. The van der Waals surface area contributed by atoms with Gasteiger partial charge in [0.1, 0.15) is 12.4 Å². The highest BCUT2D eigenvalue weighted by atomic mass is 127. The van der Waals surface area contributed by atoms with Gasteiger partial charge in [-0.3, -0.25) is 0 Å². The van der Waals surface area contributed by atoms with Gasteiger partial charge in [-0.25, -0.2) is 4.99 Å². The van der Waals surface area contributed by atoms with Crippen LogP contribution in [0.4, 0.5) is 0 Å². The second-order valence-corrected chi connectivity index (χ2v) is 7.26. The summed E-state index contributed by atoms with van der Waals surface area (Å²) in [6.07, 6.45) is 0. The Kier molecular flexibility index (Phi) is 8.22. The van der Waals surface area contributed by atoms with E-state index in [-0.39, 0.29) is 34.9 Å². The van der Waals surface area contributed by atoms with Gasteiger partial charge < -0.3 is 15.8 Å². The van der Waals surface area contributed by atoms with E-state index in [4.69, 9.17) is 10.5 Å². The highest BCUT2D eigenvalue weighted by Gasteiger charge is 2.13. The zero-order chi connectivity index (χ0) is 16.1. The molecule has 0 amide bonds. The molecule has 4 nitrogen and oxygen atoms in total. The molecule has 0 bridgehead atoms. The van der Waals surface area contributed by atoms with Crippen molar-refractivity contribution in [2.24, 2.45) is 10.7 Å². The van der Waals surface area contributed by atoms with Gasteiger partial charge in [0.05, 0.1) is 6.54 Å². The van der Waals surface area contributed by atoms with E-state index in [1.54, 1.807) is 0 Å². The van der Waals surface area contributed by atoms with E-state index in [2.05, 4.69) is 43.2 Å². The van der Waals surface area contributed by atoms with Gasteiger partial charge in [0, 0.05) is 5.54 Å². The third kappa shape index (κ3) is 8.46. The fourth-order valence-corrected chi connectivity index (χ4v) is 1.80. The van der Waals surface area contributed by atoms with E-state index in [0.29, 0.717) is 19.1 Å². The molecule has 0 saturated heterocycles. The molecule has 5 heteroatoms. The second-order valence-electron chi connectivity index (χ2n) is 7.26. The Hall–Kier alpha value is -0.980. The molecule has 0 fully saturated rings. The number of hydrogen-bond donors (Lipinski definition) is 2. The van der Waals surface area contributed by atoms with Crippen molar-refractivity contribution < 1.29 is 4.74 Å². The second kappa shape index (κ2) is 8.60. The van der Waals surface area contributed by atoms with Crippen molar-refractivity contribution in [3.05, 3.63) is 29.8 Å². The Labute approximate surface area is 151 Å². The number of aliphatic imine (C=N–C) groups is 1. The Morgan fingerprint density at radius 3 is 2.09 bits per heavy atom. The largest absolute Gasteiger partial charge is 0.492 e. The molecule has 1 rings (SSSR count). The minimum absolute atomic E-state index is 0. The average Bonchev–Trinajstić information content (AvgIpc) is 2.32.